The van der Waals surface area contributed by atoms with E-state index in [1.165, 1.54) is 6.07 Å². The van der Waals surface area contributed by atoms with E-state index in [1.807, 2.05) is 0 Å². The summed E-state index contributed by atoms with van der Waals surface area (Å²) in [6, 6.07) is 6.72. The summed E-state index contributed by atoms with van der Waals surface area (Å²) in [6.07, 6.45) is 3.61. The van der Waals surface area contributed by atoms with Crippen LogP contribution in [0.4, 0.5) is 4.39 Å². The molecule has 2 rings (SSSR count). The van der Waals surface area contributed by atoms with Gasteiger partial charge in [-0.1, -0.05) is 25.3 Å². The number of hydrogen-bond acceptors (Lipinski definition) is 2. The molecule has 1 fully saturated rings. The van der Waals surface area contributed by atoms with Crippen molar-refractivity contribution in [2.75, 3.05) is 0 Å². The van der Waals surface area contributed by atoms with Crippen LogP contribution in [0.15, 0.2) is 22.7 Å². The molecule has 1 saturated carbocycles. The summed E-state index contributed by atoms with van der Waals surface area (Å²) in [7, 11) is 0. The lowest BCUT2D eigenvalue weighted by molar-refractivity contribution is 0.0359. The van der Waals surface area contributed by atoms with E-state index in [0.717, 1.165) is 19.3 Å². The summed E-state index contributed by atoms with van der Waals surface area (Å²) in [5.74, 6) is -0.361. The molecular weight excluding hydrogens is 297 g/mol. The van der Waals surface area contributed by atoms with Gasteiger partial charge in [0.2, 0.25) is 0 Å². The molecule has 0 spiro atoms. The molecular formula is C14H15BrFNO. The highest BCUT2D eigenvalue weighted by atomic mass is 79.9. The number of nitrogens with zero attached hydrogens (tertiary/aromatic N) is 1. The first-order valence-electron chi connectivity index (χ1n) is 6.13. The fourth-order valence-electron chi connectivity index (χ4n) is 2.63. The zero-order valence-corrected chi connectivity index (χ0v) is 11.6. The minimum Gasteiger partial charge on any atom is -0.387 e. The standard InChI is InChI=1S/C14H15BrFNO/c15-11-8-10(4-5-12(11)16)13(18)14(9-17)6-2-1-3-7-14/h4-5,8,13,18H,1-3,6-7H2. The molecule has 1 aliphatic carbocycles. The van der Waals surface area contributed by atoms with Crippen molar-refractivity contribution in [1.82, 2.24) is 0 Å². The third-order valence-electron chi connectivity index (χ3n) is 3.75. The van der Waals surface area contributed by atoms with Crippen molar-refractivity contribution in [3.05, 3.63) is 34.1 Å². The van der Waals surface area contributed by atoms with E-state index in [1.54, 1.807) is 12.1 Å². The second-order valence-corrected chi connectivity index (χ2v) is 5.76. The van der Waals surface area contributed by atoms with Gasteiger partial charge in [0.05, 0.1) is 22.1 Å². The summed E-state index contributed by atoms with van der Waals surface area (Å²) in [4.78, 5) is 0. The lowest BCUT2D eigenvalue weighted by atomic mass is 9.69. The summed E-state index contributed by atoms with van der Waals surface area (Å²) >= 11 is 3.11. The zero-order valence-electron chi connectivity index (χ0n) is 10.00. The van der Waals surface area contributed by atoms with Crippen LogP contribution in [0.5, 0.6) is 0 Å². The third-order valence-corrected chi connectivity index (χ3v) is 4.36. The van der Waals surface area contributed by atoms with Crippen molar-refractivity contribution in [2.45, 2.75) is 38.2 Å². The molecule has 0 bridgehead atoms. The quantitative estimate of drug-likeness (QED) is 0.893. The number of nitriles is 1. The largest absolute Gasteiger partial charge is 0.387 e. The first kappa shape index (κ1) is 13.5. The highest BCUT2D eigenvalue weighted by Crippen LogP contribution is 2.45. The Morgan fingerprint density at radius 1 is 1.33 bits per heavy atom. The minimum absolute atomic E-state index is 0.322. The van der Waals surface area contributed by atoms with Gasteiger partial charge >= 0.3 is 0 Å². The van der Waals surface area contributed by atoms with Gasteiger partial charge in [-0.15, -0.1) is 0 Å². The van der Waals surface area contributed by atoms with Crippen LogP contribution in [0, 0.1) is 22.6 Å². The lowest BCUT2D eigenvalue weighted by Gasteiger charge is -2.35. The van der Waals surface area contributed by atoms with Crippen LogP contribution < -0.4 is 0 Å². The zero-order chi connectivity index (χ0) is 13.2. The monoisotopic (exact) mass is 311 g/mol. The SMILES string of the molecule is N#CC1(C(O)c2ccc(F)c(Br)c2)CCCCC1. The van der Waals surface area contributed by atoms with Crippen molar-refractivity contribution < 1.29 is 9.50 Å². The normalized spacial score (nSPS) is 20.1. The van der Waals surface area contributed by atoms with Crippen molar-refractivity contribution in [3.63, 3.8) is 0 Å². The van der Waals surface area contributed by atoms with Crippen molar-refractivity contribution in [3.8, 4) is 6.07 Å². The average molecular weight is 312 g/mol. The topological polar surface area (TPSA) is 44.0 Å². The second kappa shape index (κ2) is 5.38. The molecule has 0 aliphatic heterocycles. The summed E-state index contributed by atoms with van der Waals surface area (Å²) in [6.45, 7) is 0. The predicted octanol–water partition coefficient (Wildman–Crippen LogP) is 4.10. The van der Waals surface area contributed by atoms with Gasteiger partial charge in [0.25, 0.3) is 0 Å². The Bertz CT molecular complexity index is 477. The van der Waals surface area contributed by atoms with Crippen molar-refractivity contribution >= 4 is 15.9 Å². The number of benzene rings is 1. The molecule has 4 heteroatoms. The molecule has 2 nitrogen and oxygen atoms in total. The lowest BCUT2D eigenvalue weighted by Crippen LogP contribution is -2.30. The van der Waals surface area contributed by atoms with Crippen LogP contribution in [0.25, 0.3) is 0 Å². The molecule has 18 heavy (non-hydrogen) atoms. The van der Waals surface area contributed by atoms with Crippen LogP contribution in [0.2, 0.25) is 0 Å². The van der Waals surface area contributed by atoms with Gasteiger partial charge < -0.3 is 5.11 Å². The summed E-state index contributed by atoms with van der Waals surface area (Å²) in [5, 5.41) is 19.8. The van der Waals surface area contributed by atoms with E-state index in [4.69, 9.17) is 0 Å². The Hall–Kier alpha value is -0.920. The van der Waals surface area contributed by atoms with Gasteiger partial charge in [-0.3, -0.25) is 0 Å². The number of aliphatic hydroxyl groups excluding tert-OH is 1. The predicted molar refractivity (Wildman–Crippen MR) is 70.2 cm³/mol. The van der Waals surface area contributed by atoms with Crippen LogP contribution in [-0.2, 0) is 0 Å². The van der Waals surface area contributed by atoms with E-state index in [9.17, 15) is 14.8 Å². The number of aliphatic hydroxyl groups is 1. The number of halogens is 2. The highest BCUT2D eigenvalue weighted by molar-refractivity contribution is 9.10. The Balaban J connectivity index is 2.31. The average Bonchev–Trinajstić information content (AvgIpc) is 2.42. The van der Waals surface area contributed by atoms with Crippen LogP contribution >= 0.6 is 15.9 Å². The fraction of sp³-hybridized carbons (Fsp3) is 0.500. The molecule has 0 amide bonds. The van der Waals surface area contributed by atoms with Crippen LogP contribution in [0.1, 0.15) is 43.8 Å². The van der Waals surface area contributed by atoms with Crippen LogP contribution in [-0.4, -0.2) is 5.11 Å². The maximum atomic E-state index is 13.2. The van der Waals surface area contributed by atoms with Crippen molar-refractivity contribution in [2.24, 2.45) is 5.41 Å². The molecule has 1 aliphatic rings. The van der Waals surface area contributed by atoms with E-state index >= 15 is 0 Å². The molecule has 96 valence electrons. The molecule has 1 aromatic carbocycles. The summed E-state index contributed by atoms with van der Waals surface area (Å²) < 4.78 is 13.5. The number of rotatable bonds is 2. The smallest absolute Gasteiger partial charge is 0.137 e. The molecule has 0 saturated heterocycles. The Morgan fingerprint density at radius 3 is 2.56 bits per heavy atom. The molecule has 1 atom stereocenters. The van der Waals surface area contributed by atoms with Gasteiger partial charge in [0, 0.05) is 0 Å². The Morgan fingerprint density at radius 2 is 2.00 bits per heavy atom. The number of hydrogen-bond donors (Lipinski definition) is 1. The Kier molecular flexibility index (Phi) is 4.04. The minimum atomic E-state index is -0.848. The van der Waals surface area contributed by atoms with E-state index in [2.05, 4.69) is 22.0 Å². The first-order valence-corrected chi connectivity index (χ1v) is 6.93. The van der Waals surface area contributed by atoms with Crippen molar-refractivity contribution in [1.29, 1.82) is 5.26 Å². The van der Waals surface area contributed by atoms with E-state index in [-0.39, 0.29) is 5.82 Å². The van der Waals surface area contributed by atoms with Gasteiger partial charge in [0.1, 0.15) is 5.82 Å². The van der Waals surface area contributed by atoms with E-state index < -0.39 is 11.5 Å². The van der Waals surface area contributed by atoms with E-state index in [0.29, 0.717) is 22.9 Å². The fourth-order valence-corrected chi connectivity index (χ4v) is 3.03. The maximum absolute atomic E-state index is 13.2. The van der Waals surface area contributed by atoms with Gasteiger partial charge in [-0.05, 0) is 46.5 Å². The Labute approximate surface area is 115 Å². The third kappa shape index (κ3) is 2.43. The first-order chi connectivity index (χ1) is 8.59. The van der Waals surface area contributed by atoms with Gasteiger partial charge in [-0.2, -0.15) is 5.26 Å². The molecule has 1 unspecified atom stereocenters. The molecule has 0 radical (unpaired) electrons. The molecule has 1 aromatic rings. The van der Waals surface area contributed by atoms with Gasteiger partial charge in [-0.25, -0.2) is 4.39 Å². The second-order valence-electron chi connectivity index (χ2n) is 4.90. The maximum Gasteiger partial charge on any atom is 0.137 e. The molecule has 0 aromatic heterocycles. The highest BCUT2D eigenvalue weighted by Gasteiger charge is 2.40. The molecule has 1 N–H and O–H groups in total. The molecule has 0 heterocycles. The summed E-state index contributed by atoms with van der Waals surface area (Å²) in [5.41, 5.74) is -0.109. The van der Waals surface area contributed by atoms with Gasteiger partial charge in [0.15, 0.2) is 0 Å². The van der Waals surface area contributed by atoms with Crippen LogP contribution in [0.3, 0.4) is 0 Å².